The first-order chi connectivity index (χ1) is 22.1. The number of amides is 2. The molecule has 4 aromatic carbocycles. The lowest BCUT2D eigenvalue weighted by Gasteiger charge is -2.34. The second-order valence-corrected chi connectivity index (χ2v) is 14.1. The van der Waals surface area contributed by atoms with Gasteiger partial charge in [-0.25, -0.2) is 8.42 Å². The van der Waals surface area contributed by atoms with E-state index in [1.807, 2.05) is 81.4 Å². The van der Waals surface area contributed by atoms with Gasteiger partial charge in [0.2, 0.25) is 11.8 Å². The molecule has 8 heteroatoms. The van der Waals surface area contributed by atoms with E-state index in [0.29, 0.717) is 12.1 Å². The number of sulfonamides is 1. The van der Waals surface area contributed by atoms with E-state index in [4.69, 9.17) is 0 Å². The molecule has 0 aromatic heterocycles. The zero-order chi connectivity index (χ0) is 32.7. The second kappa shape index (κ2) is 14.8. The normalized spacial score (nSPS) is 14.1. The number of carbonyl (C=O) groups excluding carboxylic acids is 2. The van der Waals surface area contributed by atoms with Crippen molar-refractivity contribution in [2.75, 3.05) is 10.8 Å². The molecule has 1 saturated carbocycles. The predicted molar refractivity (Wildman–Crippen MR) is 183 cm³/mol. The van der Waals surface area contributed by atoms with Crippen LogP contribution in [0, 0.1) is 20.8 Å². The molecule has 1 atom stereocenters. The fraction of sp³-hybridized carbons (Fsp3) is 0.316. The van der Waals surface area contributed by atoms with Crippen LogP contribution in [-0.4, -0.2) is 43.8 Å². The van der Waals surface area contributed by atoms with E-state index < -0.39 is 28.5 Å². The predicted octanol–water partition coefficient (Wildman–Crippen LogP) is 6.51. The quantitative estimate of drug-likeness (QED) is 0.192. The maximum absolute atomic E-state index is 14.7. The van der Waals surface area contributed by atoms with Gasteiger partial charge in [0.1, 0.15) is 12.6 Å². The minimum atomic E-state index is -4.13. The molecular formula is C38H43N3O4S. The van der Waals surface area contributed by atoms with E-state index in [2.05, 4.69) is 5.32 Å². The standard InChI is InChI=1S/C38H43N3O4S/c1-28-22-23-34(24-30(28)3)41(46(44,45)35-20-8-5-9-21-35)27-37(42)40(26-32-17-11-10-14-29(32)2)36(25-31-15-6-4-7-16-31)38(43)39-33-18-12-13-19-33/h4-11,14-17,20-24,33,36H,12-13,18-19,25-27H2,1-3H3,(H,39,43)/t36-/m1/s1. The molecule has 4 aromatic rings. The van der Waals surface area contributed by atoms with E-state index in [-0.39, 0.29) is 23.4 Å². The van der Waals surface area contributed by atoms with Crippen LogP contribution in [0.4, 0.5) is 5.69 Å². The molecule has 7 nitrogen and oxygen atoms in total. The molecule has 0 aliphatic heterocycles. The van der Waals surface area contributed by atoms with E-state index in [1.54, 1.807) is 35.2 Å². The Labute approximate surface area is 273 Å². The first-order valence-electron chi connectivity index (χ1n) is 16.0. The largest absolute Gasteiger partial charge is 0.352 e. The number of rotatable bonds is 12. The maximum Gasteiger partial charge on any atom is 0.264 e. The molecule has 1 fully saturated rings. The van der Waals surface area contributed by atoms with Crippen LogP contribution in [0.25, 0.3) is 0 Å². The summed E-state index contributed by atoms with van der Waals surface area (Å²) in [7, 11) is -4.13. The van der Waals surface area contributed by atoms with E-state index in [0.717, 1.165) is 53.5 Å². The number of hydrogen-bond donors (Lipinski definition) is 1. The average Bonchev–Trinajstić information content (AvgIpc) is 3.57. The summed E-state index contributed by atoms with van der Waals surface area (Å²) in [6.45, 7) is 5.55. The molecule has 1 aliphatic carbocycles. The highest BCUT2D eigenvalue weighted by atomic mass is 32.2. The van der Waals surface area contributed by atoms with Crippen molar-refractivity contribution in [1.82, 2.24) is 10.2 Å². The van der Waals surface area contributed by atoms with Crippen molar-refractivity contribution in [1.29, 1.82) is 0 Å². The summed E-state index contributed by atoms with van der Waals surface area (Å²) in [5, 5.41) is 3.23. The van der Waals surface area contributed by atoms with Crippen LogP contribution >= 0.6 is 0 Å². The van der Waals surface area contributed by atoms with Crippen LogP contribution < -0.4 is 9.62 Å². The van der Waals surface area contributed by atoms with Gasteiger partial charge >= 0.3 is 0 Å². The number of aryl methyl sites for hydroxylation is 3. The highest BCUT2D eigenvalue weighted by Crippen LogP contribution is 2.27. The summed E-state index contributed by atoms with van der Waals surface area (Å²) in [6.07, 6.45) is 4.23. The summed E-state index contributed by atoms with van der Waals surface area (Å²) in [5.41, 5.74) is 5.11. The molecule has 240 valence electrons. The van der Waals surface area contributed by atoms with Gasteiger partial charge in [-0.15, -0.1) is 0 Å². The molecular weight excluding hydrogens is 595 g/mol. The van der Waals surface area contributed by atoms with Gasteiger partial charge in [0.05, 0.1) is 10.6 Å². The monoisotopic (exact) mass is 637 g/mol. The number of anilines is 1. The number of carbonyl (C=O) groups is 2. The highest BCUT2D eigenvalue weighted by Gasteiger charge is 2.35. The molecule has 0 spiro atoms. The smallest absolute Gasteiger partial charge is 0.264 e. The third-order valence-electron chi connectivity index (χ3n) is 8.96. The van der Waals surface area contributed by atoms with Gasteiger partial charge in [0.25, 0.3) is 10.0 Å². The summed E-state index contributed by atoms with van der Waals surface area (Å²) < 4.78 is 29.6. The van der Waals surface area contributed by atoms with Crippen molar-refractivity contribution >= 4 is 27.5 Å². The van der Waals surface area contributed by atoms with Gasteiger partial charge in [0, 0.05) is 19.0 Å². The maximum atomic E-state index is 14.7. The fourth-order valence-corrected chi connectivity index (χ4v) is 7.45. The van der Waals surface area contributed by atoms with Gasteiger partial charge < -0.3 is 10.2 Å². The molecule has 0 bridgehead atoms. The summed E-state index contributed by atoms with van der Waals surface area (Å²) in [4.78, 5) is 30.5. The molecule has 1 N–H and O–H groups in total. The molecule has 1 aliphatic rings. The lowest BCUT2D eigenvalue weighted by atomic mass is 10.0. The van der Waals surface area contributed by atoms with Crippen LogP contribution in [0.15, 0.2) is 108 Å². The van der Waals surface area contributed by atoms with Gasteiger partial charge in [0.15, 0.2) is 0 Å². The van der Waals surface area contributed by atoms with E-state index in [9.17, 15) is 18.0 Å². The van der Waals surface area contributed by atoms with Crippen molar-refractivity contribution in [3.63, 3.8) is 0 Å². The van der Waals surface area contributed by atoms with Gasteiger partial charge in [-0.3, -0.25) is 13.9 Å². The Morgan fingerprint density at radius 2 is 1.41 bits per heavy atom. The first-order valence-corrected chi connectivity index (χ1v) is 17.4. The highest BCUT2D eigenvalue weighted by molar-refractivity contribution is 7.92. The fourth-order valence-electron chi connectivity index (χ4n) is 6.02. The third-order valence-corrected chi connectivity index (χ3v) is 10.8. The van der Waals surface area contributed by atoms with Crippen molar-refractivity contribution in [2.24, 2.45) is 0 Å². The van der Waals surface area contributed by atoms with Crippen LogP contribution in [0.3, 0.4) is 0 Å². The number of hydrogen-bond acceptors (Lipinski definition) is 4. The summed E-state index contributed by atoms with van der Waals surface area (Å²) in [6, 6.07) is 30.2. The Kier molecular flexibility index (Phi) is 10.6. The van der Waals surface area contributed by atoms with Crippen LogP contribution in [0.2, 0.25) is 0 Å². The summed E-state index contributed by atoms with van der Waals surface area (Å²) in [5.74, 6) is -0.676. The Hall–Kier alpha value is -4.43. The number of benzene rings is 4. The molecule has 46 heavy (non-hydrogen) atoms. The Morgan fingerprint density at radius 1 is 0.783 bits per heavy atom. The second-order valence-electron chi connectivity index (χ2n) is 12.2. The Bertz CT molecular complexity index is 1750. The molecule has 0 radical (unpaired) electrons. The minimum Gasteiger partial charge on any atom is -0.352 e. The Balaban J connectivity index is 1.58. The first kappa shape index (κ1) is 32.9. The lowest BCUT2D eigenvalue weighted by molar-refractivity contribution is -0.140. The van der Waals surface area contributed by atoms with Gasteiger partial charge in [-0.05, 0) is 85.7 Å². The van der Waals surface area contributed by atoms with Crippen LogP contribution in [-0.2, 0) is 32.6 Å². The zero-order valence-electron chi connectivity index (χ0n) is 26.9. The van der Waals surface area contributed by atoms with Crippen molar-refractivity contribution in [3.05, 3.63) is 131 Å². The van der Waals surface area contributed by atoms with Crippen molar-refractivity contribution in [3.8, 4) is 0 Å². The van der Waals surface area contributed by atoms with E-state index in [1.165, 1.54) is 16.4 Å². The van der Waals surface area contributed by atoms with Crippen LogP contribution in [0.5, 0.6) is 0 Å². The van der Waals surface area contributed by atoms with E-state index >= 15 is 0 Å². The molecule has 0 saturated heterocycles. The SMILES string of the molecule is Cc1ccc(N(CC(=O)N(Cc2ccccc2C)[C@H](Cc2ccccc2)C(=O)NC2CCCC2)S(=O)(=O)c2ccccc2)cc1C. The van der Waals surface area contributed by atoms with Crippen molar-refractivity contribution in [2.45, 2.75) is 76.4 Å². The van der Waals surface area contributed by atoms with Gasteiger partial charge in [-0.2, -0.15) is 0 Å². The number of nitrogens with one attached hydrogen (secondary N) is 1. The molecule has 2 amide bonds. The third kappa shape index (κ3) is 7.85. The molecule has 5 rings (SSSR count). The summed E-state index contributed by atoms with van der Waals surface area (Å²) >= 11 is 0. The van der Waals surface area contributed by atoms with Crippen molar-refractivity contribution < 1.29 is 18.0 Å². The lowest BCUT2D eigenvalue weighted by Crippen LogP contribution is -2.54. The number of nitrogens with zero attached hydrogens (tertiary/aromatic N) is 2. The zero-order valence-corrected chi connectivity index (χ0v) is 27.7. The molecule has 0 unspecified atom stereocenters. The topological polar surface area (TPSA) is 86.8 Å². The van der Waals surface area contributed by atoms with Gasteiger partial charge in [-0.1, -0.05) is 91.7 Å². The van der Waals surface area contributed by atoms with Crippen LogP contribution in [0.1, 0.15) is 53.5 Å². The Morgan fingerprint density at radius 3 is 2.07 bits per heavy atom. The molecule has 0 heterocycles. The average molecular weight is 638 g/mol. The minimum absolute atomic E-state index is 0.0617.